The Morgan fingerprint density at radius 3 is 2.81 bits per heavy atom. The van der Waals surface area contributed by atoms with E-state index < -0.39 is 0 Å². The van der Waals surface area contributed by atoms with Crippen LogP contribution in [0, 0.1) is 6.92 Å². The molecule has 0 aliphatic heterocycles. The molecule has 0 fully saturated rings. The van der Waals surface area contributed by atoms with Crippen LogP contribution in [0.5, 0.6) is 0 Å². The second kappa shape index (κ2) is 4.44. The largest absolute Gasteiger partial charge is 0.368 e. The highest BCUT2D eigenvalue weighted by Gasteiger charge is 2.00. The molecule has 0 saturated carbocycles. The minimum atomic E-state index is 0.200. The molecule has 0 atom stereocenters. The molecule has 0 spiro atoms. The summed E-state index contributed by atoms with van der Waals surface area (Å²) in [6.45, 7) is 2.01. The quantitative estimate of drug-likeness (QED) is 0.882. The highest BCUT2D eigenvalue weighted by Crippen LogP contribution is 2.21. The van der Waals surface area contributed by atoms with Crippen molar-refractivity contribution in [3.8, 4) is 0 Å². The number of hydrogen-bond donors (Lipinski definition) is 2. The van der Waals surface area contributed by atoms with E-state index in [-0.39, 0.29) is 5.95 Å². The van der Waals surface area contributed by atoms with Crippen molar-refractivity contribution in [2.45, 2.75) is 6.92 Å². The zero-order valence-electron chi connectivity index (χ0n) is 8.61. The lowest BCUT2D eigenvalue weighted by atomic mass is 10.2. The Labute approximate surface area is 101 Å². The summed E-state index contributed by atoms with van der Waals surface area (Å²) in [6.07, 6.45) is 1.37. The first kappa shape index (κ1) is 10.8. The normalized spacial score (nSPS) is 10.1. The molecule has 0 bridgehead atoms. The lowest BCUT2D eigenvalue weighted by Gasteiger charge is -2.06. The number of nitrogen functional groups attached to an aromatic ring is 1. The number of hydrogen-bond acceptors (Lipinski definition) is 5. The van der Waals surface area contributed by atoms with Crippen LogP contribution in [-0.4, -0.2) is 15.0 Å². The minimum absolute atomic E-state index is 0.200. The van der Waals surface area contributed by atoms with Gasteiger partial charge in [-0.05, 0) is 30.7 Å². The Morgan fingerprint density at radius 1 is 1.31 bits per heavy atom. The van der Waals surface area contributed by atoms with Crippen LogP contribution in [0.4, 0.5) is 17.6 Å². The molecule has 0 aliphatic carbocycles. The van der Waals surface area contributed by atoms with E-state index in [0.29, 0.717) is 5.95 Å². The molecule has 0 saturated heterocycles. The molecule has 6 heteroatoms. The molecular weight excluding hydrogens is 270 g/mol. The smallest absolute Gasteiger partial charge is 0.231 e. The molecule has 0 aliphatic rings. The van der Waals surface area contributed by atoms with Crippen molar-refractivity contribution in [2.75, 3.05) is 11.1 Å². The van der Waals surface area contributed by atoms with Gasteiger partial charge in [0.2, 0.25) is 11.9 Å². The summed E-state index contributed by atoms with van der Waals surface area (Å²) in [5.74, 6) is 0.639. The first-order valence-corrected chi connectivity index (χ1v) is 5.42. The van der Waals surface area contributed by atoms with E-state index in [1.807, 2.05) is 25.1 Å². The van der Waals surface area contributed by atoms with Crippen molar-refractivity contribution >= 4 is 33.5 Å². The maximum atomic E-state index is 5.46. The predicted octanol–water partition coefficient (Wildman–Crippen LogP) is 2.27. The summed E-state index contributed by atoms with van der Waals surface area (Å²) in [5, 5.41) is 3.05. The molecule has 0 radical (unpaired) electrons. The van der Waals surface area contributed by atoms with Crippen LogP contribution in [0.2, 0.25) is 0 Å². The Hall–Kier alpha value is -1.69. The van der Waals surface area contributed by atoms with Crippen LogP contribution >= 0.6 is 15.9 Å². The van der Waals surface area contributed by atoms with Gasteiger partial charge in [-0.25, -0.2) is 9.97 Å². The van der Waals surface area contributed by atoms with Gasteiger partial charge >= 0.3 is 0 Å². The van der Waals surface area contributed by atoms with Gasteiger partial charge in [-0.15, -0.1) is 0 Å². The molecular formula is C10H10BrN5. The van der Waals surface area contributed by atoms with Crippen molar-refractivity contribution in [2.24, 2.45) is 0 Å². The van der Waals surface area contributed by atoms with Gasteiger partial charge in [0.05, 0.1) is 0 Å². The van der Waals surface area contributed by atoms with Gasteiger partial charge in [0.25, 0.3) is 0 Å². The standard InChI is InChI=1S/C10H10BrN5/c1-6-4-7(2-3-8(6)11)15-10-14-5-13-9(12)16-10/h2-5H,1H3,(H3,12,13,14,15,16). The second-order valence-corrected chi connectivity index (χ2v) is 4.11. The Kier molecular flexibility index (Phi) is 3.00. The number of anilines is 3. The topological polar surface area (TPSA) is 76.7 Å². The molecule has 16 heavy (non-hydrogen) atoms. The molecule has 5 nitrogen and oxygen atoms in total. The fourth-order valence-corrected chi connectivity index (χ4v) is 1.47. The van der Waals surface area contributed by atoms with Gasteiger partial charge in [0.1, 0.15) is 6.33 Å². The lowest BCUT2D eigenvalue weighted by molar-refractivity contribution is 1.07. The Bertz CT molecular complexity index is 514. The van der Waals surface area contributed by atoms with Gasteiger partial charge in [0.15, 0.2) is 0 Å². The van der Waals surface area contributed by atoms with E-state index >= 15 is 0 Å². The molecule has 0 unspecified atom stereocenters. The molecule has 2 aromatic rings. The number of nitrogens with one attached hydrogen (secondary N) is 1. The SMILES string of the molecule is Cc1cc(Nc2ncnc(N)n2)ccc1Br. The summed E-state index contributed by atoms with van der Waals surface area (Å²) in [7, 11) is 0. The van der Waals surface area contributed by atoms with E-state index in [4.69, 9.17) is 5.73 Å². The zero-order chi connectivity index (χ0) is 11.5. The van der Waals surface area contributed by atoms with Crippen molar-refractivity contribution < 1.29 is 0 Å². The summed E-state index contributed by atoms with van der Waals surface area (Å²) < 4.78 is 1.06. The molecule has 3 N–H and O–H groups in total. The number of nitrogens with two attached hydrogens (primary N) is 1. The molecule has 82 valence electrons. The van der Waals surface area contributed by atoms with E-state index in [0.717, 1.165) is 15.7 Å². The molecule has 1 aromatic heterocycles. The number of aromatic nitrogens is 3. The third-order valence-electron chi connectivity index (χ3n) is 2.00. The third-order valence-corrected chi connectivity index (χ3v) is 2.89. The summed E-state index contributed by atoms with van der Waals surface area (Å²) in [5.41, 5.74) is 7.50. The molecule has 0 amide bonds. The first-order chi connectivity index (χ1) is 7.65. The first-order valence-electron chi connectivity index (χ1n) is 4.63. The fourth-order valence-electron chi connectivity index (χ4n) is 1.22. The average molecular weight is 280 g/mol. The maximum Gasteiger partial charge on any atom is 0.231 e. The van der Waals surface area contributed by atoms with E-state index in [9.17, 15) is 0 Å². The van der Waals surface area contributed by atoms with Crippen molar-refractivity contribution in [1.29, 1.82) is 0 Å². The van der Waals surface area contributed by atoms with Gasteiger partial charge in [0, 0.05) is 10.2 Å². The molecule has 1 aromatic carbocycles. The number of halogens is 1. The van der Waals surface area contributed by atoms with Gasteiger partial charge in [-0.3, -0.25) is 0 Å². The third kappa shape index (κ3) is 2.46. The van der Waals surface area contributed by atoms with Crippen LogP contribution in [0.1, 0.15) is 5.56 Å². The highest BCUT2D eigenvalue weighted by atomic mass is 79.9. The Morgan fingerprint density at radius 2 is 2.12 bits per heavy atom. The van der Waals surface area contributed by atoms with Gasteiger partial charge in [-0.2, -0.15) is 4.98 Å². The number of rotatable bonds is 2. The zero-order valence-corrected chi connectivity index (χ0v) is 10.2. The van der Waals surface area contributed by atoms with E-state index in [2.05, 4.69) is 36.2 Å². The predicted molar refractivity (Wildman–Crippen MR) is 66.4 cm³/mol. The van der Waals surface area contributed by atoms with Crippen LogP contribution in [0.25, 0.3) is 0 Å². The number of benzene rings is 1. The summed E-state index contributed by atoms with van der Waals surface area (Å²) in [6, 6.07) is 5.88. The van der Waals surface area contributed by atoms with Gasteiger partial charge in [-0.1, -0.05) is 15.9 Å². The number of nitrogens with zero attached hydrogens (tertiary/aromatic N) is 3. The fraction of sp³-hybridized carbons (Fsp3) is 0.100. The Balaban J connectivity index is 2.24. The van der Waals surface area contributed by atoms with Gasteiger partial charge < -0.3 is 11.1 Å². The van der Waals surface area contributed by atoms with E-state index in [1.54, 1.807) is 0 Å². The monoisotopic (exact) mass is 279 g/mol. The average Bonchev–Trinajstić information content (AvgIpc) is 2.24. The van der Waals surface area contributed by atoms with E-state index in [1.165, 1.54) is 6.33 Å². The minimum Gasteiger partial charge on any atom is -0.368 e. The van der Waals surface area contributed by atoms with Crippen molar-refractivity contribution in [3.05, 3.63) is 34.6 Å². The van der Waals surface area contributed by atoms with Crippen LogP contribution < -0.4 is 11.1 Å². The summed E-state index contributed by atoms with van der Waals surface area (Å²) >= 11 is 3.44. The maximum absolute atomic E-state index is 5.46. The molecule has 1 heterocycles. The van der Waals surface area contributed by atoms with Crippen molar-refractivity contribution in [3.63, 3.8) is 0 Å². The lowest BCUT2D eigenvalue weighted by Crippen LogP contribution is -2.01. The van der Waals surface area contributed by atoms with Crippen LogP contribution in [-0.2, 0) is 0 Å². The number of aryl methyl sites for hydroxylation is 1. The highest BCUT2D eigenvalue weighted by molar-refractivity contribution is 9.10. The van der Waals surface area contributed by atoms with Crippen LogP contribution in [0.3, 0.4) is 0 Å². The second-order valence-electron chi connectivity index (χ2n) is 3.26. The van der Waals surface area contributed by atoms with Crippen molar-refractivity contribution in [1.82, 2.24) is 15.0 Å². The summed E-state index contributed by atoms with van der Waals surface area (Å²) in [4.78, 5) is 11.6. The molecule has 2 rings (SSSR count). The van der Waals surface area contributed by atoms with Crippen LogP contribution in [0.15, 0.2) is 29.0 Å².